The molecule has 0 spiro atoms. The first-order valence-electron chi connectivity index (χ1n) is 6.24. The Balaban J connectivity index is 2.69. The minimum atomic E-state index is -0.954. The molecule has 0 amide bonds. The largest absolute Gasteiger partial charge is 0.0693 e. The molecule has 0 unspecified atom stereocenters. The van der Waals surface area contributed by atoms with Gasteiger partial charge < -0.3 is 0 Å². The highest BCUT2D eigenvalue weighted by molar-refractivity contribution is 6.75. The summed E-state index contributed by atoms with van der Waals surface area (Å²) in [6.07, 6.45) is 0. The van der Waals surface area contributed by atoms with Gasteiger partial charge in [0.1, 0.15) is 0 Å². The number of hydrogen-bond acceptors (Lipinski definition) is 0. The molecule has 0 radical (unpaired) electrons. The molecule has 0 saturated carbocycles. The molecular weight excluding hydrogens is 224 g/mol. The van der Waals surface area contributed by atoms with E-state index >= 15 is 0 Å². The van der Waals surface area contributed by atoms with E-state index in [9.17, 15) is 0 Å². The molecule has 0 aromatic heterocycles. The van der Waals surface area contributed by atoms with Crippen LogP contribution >= 0.6 is 0 Å². The van der Waals surface area contributed by atoms with Crippen molar-refractivity contribution in [1.82, 2.24) is 0 Å². The molecule has 0 saturated heterocycles. The first-order valence-corrected chi connectivity index (χ1v) is 13.6. The minimum absolute atomic E-state index is 0.954. The predicted octanol–water partition coefficient (Wildman–Crippen LogP) is 4.53. The van der Waals surface area contributed by atoms with E-state index in [4.69, 9.17) is 0 Å². The van der Waals surface area contributed by atoms with E-state index in [1.807, 2.05) is 0 Å². The van der Waals surface area contributed by atoms with Crippen molar-refractivity contribution >= 4 is 16.1 Å². The Kier molecular flexibility index (Phi) is 4.19. The topological polar surface area (TPSA) is 0 Å². The van der Waals surface area contributed by atoms with Crippen molar-refractivity contribution in [3.05, 3.63) is 35.4 Å². The summed E-state index contributed by atoms with van der Waals surface area (Å²) in [6, 6.07) is 12.0. The third-order valence-corrected chi connectivity index (χ3v) is 5.43. The molecule has 2 heteroatoms. The molecule has 90 valence electrons. The second-order valence-electron chi connectivity index (χ2n) is 7.29. The van der Waals surface area contributed by atoms with Crippen LogP contribution in [0.15, 0.2) is 24.3 Å². The maximum Gasteiger partial charge on any atom is 0.0487 e. The average molecular weight is 251 g/mol. The zero-order valence-corrected chi connectivity index (χ0v) is 13.7. The van der Waals surface area contributed by atoms with Gasteiger partial charge in [0.25, 0.3) is 0 Å². The summed E-state index contributed by atoms with van der Waals surface area (Å²) in [5.41, 5.74) is 3.05. The zero-order chi connectivity index (χ0) is 12.4. The van der Waals surface area contributed by atoms with Gasteiger partial charge in [-0.15, -0.1) is 0 Å². The van der Waals surface area contributed by atoms with Gasteiger partial charge in [0.15, 0.2) is 0 Å². The Morgan fingerprint density at radius 2 is 0.875 bits per heavy atom. The number of benzene rings is 1. The Labute approximate surface area is 103 Å². The van der Waals surface area contributed by atoms with Gasteiger partial charge in [0, 0.05) is 16.1 Å². The van der Waals surface area contributed by atoms with Gasteiger partial charge in [-0.1, -0.05) is 74.7 Å². The van der Waals surface area contributed by atoms with E-state index < -0.39 is 16.1 Å². The van der Waals surface area contributed by atoms with Crippen molar-refractivity contribution in [3.8, 4) is 0 Å². The fourth-order valence-corrected chi connectivity index (χ4v) is 4.92. The van der Waals surface area contributed by atoms with E-state index in [2.05, 4.69) is 63.5 Å². The molecule has 0 N–H and O–H groups in total. The summed E-state index contributed by atoms with van der Waals surface area (Å²) in [6.45, 7) is 14.6. The van der Waals surface area contributed by atoms with Crippen LogP contribution in [0.25, 0.3) is 0 Å². The molecule has 0 nitrogen and oxygen atoms in total. The van der Waals surface area contributed by atoms with Crippen LogP contribution in [0.2, 0.25) is 39.3 Å². The second-order valence-corrected chi connectivity index (χ2v) is 18.2. The van der Waals surface area contributed by atoms with Crippen LogP contribution < -0.4 is 0 Å². The van der Waals surface area contributed by atoms with Gasteiger partial charge in [-0.05, 0) is 12.1 Å². The lowest BCUT2D eigenvalue weighted by atomic mass is 10.2. The number of rotatable bonds is 4. The Hall–Kier alpha value is -0.346. The summed E-state index contributed by atoms with van der Waals surface area (Å²) in [5.74, 6) is 0. The summed E-state index contributed by atoms with van der Waals surface area (Å²) in [5, 5.41) is 0. The highest BCUT2D eigenvalue weighted by atomic mass is 28.3. The van der Waals surface area contributed by atoms with Crippen molar-refractivity contribution in [1.29, 1.82) is 0 Å². The van der Waals surface area contributed by atoms with Crippen LogP contribution in [-0.4, -0.2) is 16.1 Å². The lowest BCUT2D eigenvalue weighted by Crippen LogP contribution is -2.25. The zero-order valence-electron chi connectivity index (χ0n) is 11.7. The van der Waals surface area contributed by atoms with Gasteiger partial charge in [-0.3, -0.25) is 0 Å². The highest BCUT2D eigenvalue weighted by Crippen LogP contribution is 2.15. The Bertz CT molecular complexity index is 290. The molecule has 0 aliphatic heterocycles. The highest BCUT2D eigenvalue weighted by Gasteiger charge is 2.15. The van der Waals surface area contributed by atoms with Crippen LogP contribution in [0.3, 0.4) is 0 Å². The number of hydrogen-bond donors (Lipinski definition) is 0. The molecule has 1 rings (SSSR count). The van der Waals surface area contributed by atoms with Crippen molar-refractivity contribution in [2.24, 2.45) is 0 Å². The molecule has 0 aliphatic rings. The van der Waals surface area contributed by atoms with Crippen molar-refractivity contribution < 1.29 is 0 Å². The van der Waals surface area contributed by atoms with Crippen LogP contribution in [-0.2, 0) is 12.1 Å². The standard InChI is InChI=1S/C14H26Si2/c1-15(2,3)11-13-7-9-14(10-8-13)12-16(4,5)6/h7-10H,11-12H2,1-6H3. The molecule has 16 heavy (non-hydrogen) atoms. The fraction of sp³-hybridized carbons (Fsp3) is 0.571. The predicted molar refractivity (Wildman–Crippen MR) is 80.5 cm³/mol. The van der Waals surface area contributed by atoms with Crippen LogP contribution in [0.4, 0.5) is 0 Å². The lowest BCUT2D eigenvalue weighted by molar-refractivity contribution is 1.25. The Morgan fingerprint density at radius 1 is 0.625 bits per heavy atom. The fourth-order valence-electron chi connectivity index (χ4n) is 2.00. The van der Waals surface area contributed by atoms with Crippen LogP contribution in [0, 0.1) is 0 Å². The van der Waals surface area contributed by atoms with Crippen molar-refractivity contribution in [2.45, 2.75) is 51.4 Å². The summed E-state index contributed by atoms with van der Waals surface area (Å²) >= 11 is 0. The molecular formula is C14H26Si2. The van der Waals surface area contributed by atoms with E-state index in [1.54, 1.807) is 0 Å². The minimum Gasteiger partial charge on any atom is -0.0693 e. The van der Waals surface area contributed by atoms with E-state index in [0.29, 0.717) is 0 Å². The van der Waals surface area contributed by atoms with Crippen molar-refractivity contribution in [3.63, 3.8) is 0 Å². The molecule has 0 bridgehead atoms. The summed E-state index contributed by atoms with van der Waals surface area (Å²) in [7, 11) is -1.91. The second kappa shape index (κ2) is 4.88. The first kappa shape index (κ1) is 13.7. The Morgan fingerprint density at radius 3 is 1.06 bits per heavy atom. The molecule has 1 aromatic carbocycles. The third-order valence-electron chi connectivity index (χ3n) is 2.49. The van der Waals surface area contributed by atoms with E-state index in [0.717, 1.165) is 0 Å². The molecule has 0 aliphatic carbocycles. The smallest absolute Gasteiger partial charge is 0.0487 e. The average Bonchev–Trinajstić information content (AvgIpc) is 2.03. The summed E-state index contributed by atoms with van der Waals surface area (Å²) in [4.78, 5) is 0. The van der Waals surface area contributed by atoms with Gasteiger partial charge in [-0.2, -0.15) is 0 Å². The maximum absolute atomic E-state index is 2.43. The van der Waals surface area contributed by atoms with Crippen molar-refractivity contribution in [2.75, 3.05) is 0 Å². The molecule has 1 aromatic rings. The van der Waals surface area contributed by atoms with Gasteiger partial charge in [0.05, 0.1) is 0 Å². The maximum atomic E-state index is 2.43. The van der Waals surface area contributed by atoms with Gasteiger partial charge in [-0.25, -0.2) is 0 Å². The summed E-state index contributed by atoms with van der Waals surface area (Å²) < 4.78 is 0. The lowest BCUT2D eigenvalue weighted by Gasteiger charge is -2.18. The first-order chi connectivity index (χ1) is 7.16. The van der Waals surface area contributed by atoms with Crippen LogP contribution in [0.1, 0.15) is 11.1 Å². The molecule has 0 atom stereocenters. The molecule has 0 heterocycles. The van der Waals surface area contributed by atoms with Crippen LogP contribution in [0.5, 0.6) is 0 Å². The normalized spacial score (nSPS) is 12.9. The monoisotopic (exact) mass is 250 g/mol. The molecule has 0 fully saturated rings. The van der Waals surface area contributed by atoms with E-state index in [-0.39, 0.29) is 0 Å². The van der Waals surface area contributed by atoms with Gasteiger partial charge in [0.2, 0.25) is 0 Å². The SMILES string of the molecule is C[Si](C)(C)Cc1ccc(C[Si](C)(C)C)cc1. The third kappa shape index (κ3) is 5.66. The van der Waals surface area contributed by atoms with Gasteiger partial charge >= 0.3 is 0 Å². The quantitative estimate of drug-likeness (QED) is 0.689. The van der Waals surface area contributed by atoms with E-state index in [1.165, 1.54) is 23.2 Å².